The lowest BCUT2D eigenvalue weighted by molar-refractivity contribution is -0.117. The standard InChI is InChI=1S/C17H16N2O2S/c1-11(13-6-8-22-10-13)16(20)19-14-3-4-15-12(9-14)5-7-18-17(15)21-2/h3-11H,1-2H3,(H,19,20). The lowest BCUT2D eigenvalue weighted by Crippen LogP contribution is -2.18. The zero-order valence-electron chi connectivity index (χ0n) is 12.4. The third-order valence-electron chi connectivity index (χ3n) is 3.63. The first-order valence-electron chi connectivity index (χ1n) is 6.95. The number of aromatic nitrogens is 1. The van der Waals surface area contributed by atoms with Gasteiger partial charge in [-0.25, -0.2) is 4.98 Å². The van der Waals surface area contributed by atoms with E-state index in [-0.39, 0.29) is 11.8 Å². The average Bonchev–Trinajstić information content (AvgIpc) is 3.07. The lowest BCUT2D eigenvalue weighted by atomic mass is 10.0. The molecule has 3 aromatic rings. The van der Waals surface area contributed by atoms with E-state index in [1.807, 2.05) is 48.0 Å². The topological polar surface area (TPSA) is 51.2 Å². The minimum atomic E-state index is -0.172. The fraction of sp³-hybridized carbons (Fsp3) is 0.176. The summed E-state index contributed by atoms with van der Waals surface area (Å²) in [6.45, 7) is 1.91. The Morgan fingerprint density at radius 2 is 2.18 bits per heavy atom. The van der Waals surface area contributed by atoms with Gasteiger partial charge in [0.1, 0.15) is 0 Å². The van der Waals surface area contributed by atoms with Gasteiger partial charge in [-0.2, -0.15) is 11.3 Å². The average molecular weight is 312 g/mol. The van der Waals surface area contributed by atoms with Gasteiger partial charge in [-0.15, -0.1) is 0 Å². The minimum absolute atomic E-state index is 0.0150. The van der Waals surface area contributed by atoms with E-state index in [2.05, 4.69) is 10.3 Å². The molecule has 0 aliphatic rings. The Hall–Kier alpha value is -2.40. The number of rotatable bonds is 4. The van der Waals surface area contributed by atoms with Crippen LogP contribution in [0.1, 0.15) is 18.4 Å². The molecule has 0 aliphatic heterocycles. The van der Waals surface area contributed by atoms with Crippen LogP contribution in [0.25, 0.3) is 10.8 Å². The molecule has 3 rings (SSSR count). The van der Waals surface area contributed by atoms with Crippen molar-refractivity contribution in [2.45, 2.75) is 12.8 Å². The van der Waals surface area contributed by atoms with Crippen LogP contribution in [0.2, 0.25) is 0 Å². The first kappa shape index (κ1) is 14.5. The Balaban J connectivity index is 1.84. The summed E-state index contributed by atoms with van der Waals surface area (Å²) >= 11 is 1.60. The quantitative estimate of drug-likeness (QED) is 0.791. The summed E-state index contributed by atoms with van der Waals surface area (Å²) in [5.74, 6) is 0.398. The number of fused-ring (bicyclic) bond motifs is 1. The van der Waals surface area contributed by atoms with Gasteiger partial charge in [0.2, 0.25) is 11.8 Å². The molecule has 112 valence electrons. The highest BCUT2D eigenvalue weighted by atomic mass is 32.1. The molecule has 4 nitrogen and oxygen atoms in total. The molecular weight excluding hydrogens is 296 g/mol. The molecule has 0 radical (unpaired) electrons. The number of nitrogens with zero attached hydrogens (tertiary/aromatic N) is 1. The van der Waals surface area contributed by atoms with E-state index in [1.165, 1.54) is 0 Å². The summed E-state index contributed by atoms with van der Waals surface area (Å²) in [5, 5.41) is 8.85. The van der Waals surface area contributed by atoms with E-state index in [9.17, 15) is 4.79 Å². The second kappa shape index (κ2) is 6.15. The second-order valence-corrected chi connectivity index (χ2v) is 5.80. The molecule has 5 heteroatoms. The van der Waals surface area contributed by atoms with Crippen molar-refractivity contribution in [3.63, 3.8) is 0 Å². The highest BCUT2D eigenvalue weighted by Gasteiger charge is 2.16. The molecule has 2 heterocycles. The van der Waals surface area contributed by atoms with Crippen molar-refractivity contribution in [1.29, 1.82) is 0 Å². The molecule has 1 unspecified atom stereocenters. The molecule has 0 spiro atoms. The fourth-order valence-electron chi connectivity index (χ4n) is 2.31. The molecule has 0 fully saturated rings. The van der Waals surface area contributed by atoms with Gasteiger partial charge in [0.15, 0.2) is 0 Å². The van der Waals surface area contributed by atoms with Crippen LogP contribution in [0, 0.1) is 0 Å². The maximum atomic E-state index is 12.3. The number of ether oxygens (including phenoxy) is 1. The molecule has 0 aliphatic carbocycles. The third-order valence-corrected chi connectivity index (χ3v) is 4.33. The highest BCUT2D eigenvalue weighted by Crippen LogP contribution is 2.26. The Morgan fingerprint density at radius 3 is 2.91 bits per heavy atom. The number of carbonyl (C=O) groups excluding carboxylic acids is 1. The smallest absolute Gasteiger partial charge is 0.231 e. The van der Waals surface area contributed by atoms with Gasteiger partial charge in [0.05, 0.1) is 13.0 Å². The van der Waals surface area contributed by atoms with Crippen molar-refractivity contribution in [1.82, 2.24) is 4.98 Å². The van der Waals surface area contributed by atoms with E-state index >= 15 is 0 Å². The van der Waals surface area contributed by atoms with Crippen molar-refractivity contribution >= 4 is 33.7 Å². The van der Waals surface area contributed by atoms with Crippen LogP contribution in [0.5, 0.6) is 5.88 Å². The number of hydrogen-bond acceptors (Lipinski definition) is 4. The first-order chi connectivity index (χ1) is 10.7. The third kappa shape index (κ3) is 2.80. The molecule has 0 saturated carbocycles. The number of methoxy groups -OCH3 is 1. The van der Waals surface area contributed by atoms with Gasteiger partial charge in [0.25, 0.3) is 0 Å². The van der Waals surface area contributed by atoms with Crippen molar-refractivity contribution in [2.24, 2.45) is 0 Å². The number of benzene rings is 1. The van der Waals surface area contributed by atoms with Crippen LogP contribution in [0.3, 0.4) is 0 Å². The number of anilines is 1. The van der Waals surface area contributed by atoms with Crippen LogP contribution in [-0.4, -0.2) is 18.0 Å². The monoisotopic (exact) mass is 312 g/mol. The zero-order valence-corrected chi connectivity index (χ0v) is 13.2. The number of pyridine rings is 1. The van der Waals surface area contributed by atoms with Crippen LogP contribution in [0.4, 0.5) is 5.69 Å². The summed E-state index contributed by atoms with van der Waals surface area (Å²) in [6, 6.07) is 9.58. The molecule has 1 atom stereocenters. The van der Waals surface area contributed by atoms with Gasteiger partial charge < -0.3 is 10.1 Å². The van der Waals surface area contributed by atoms with Crippen LogP contribution < -0.4 is 10.1 Å². The lowest BCUT2D eigenvalue weighted by Gasteiger charge is -2.12. The molecule has 1 amide bonds. The van der Waals surface area contributed by atoms with E-state index in [0.29, 0.717) is 5.88 Å². The Morgan fingerprint density at radius 1 is 1.32 bits per heavy atom. The molecular formula is C17H16N2O2S. The molecule has 1 N–H and O–H groups in total. The number of carbonyl (C=O) groups is 1. The van der Waals surface area contributed by atoms with E-state index in [4.69, 9.17) is 4.74 Å². The van der Waals surface area contributed by atoms with Crippen LogP contribution in [0.15, 0.2) is 47.3 Å². The van der Waals surface area contributed by atoms with Crippen molar-refractivity contribution < 1.29 is 9.53 Å². The first-order valence-corrected chi connectivity index (χ1v) is 7.89. The van der Waals surface area contributed by atoms with Crippen LogP contribution >= 0.6 is 11.3 Å². The van der Waals surface area contributed by atoms with E-state index < -0.39 is 0 Å². The number of amides is 1. The van der Waals surface area contributed by atoms with Crippen molar-refractivity contribution in [2.75, 3.05) is 12.4 Å². The summed E-state index contributed by atoms with van der Waals surface area (Å²) in [5.41, 5.74) is 1.81. The van der Waals surface area contributed by atoms with E-state index in [1.54, 1.807) is 24.6 Å². The molecule has 1 aromatic carbocycles. The SMILES string of the molecule is COc1nccc2cc(NC(=O)C(C)c3ccsc3)ccc12. The van der Waals surface area contributed by atoms with Gasteiger partial charge in [-0.05, 0) is 59.0 Å². The Bertz CT molecular complexity index is 800. The summed E-state index contributed by atoms with van der Waals surface area (Å²) in [4.78, 5) is 16.5. The Labute approximate surface area is 132 Å². The highest BCUT2D eigenvalue weighted by molar-refractivity contribution is 7.08. The predicted molar refractivity (Wildman–Crippen MR) is 89.7 cm³/mol. The molecule has 2 aromatic heterocycles. The number of thiophene rings is 1. The largest absolute Gasteiger partial charge is 0.481 e. The van der Waals surface area contributed by atoms with Crippen LogP contribution in [-0.2, 0) is 4.79 Å². The second-order valence-electron chi connectivity index (χ2n) is 5.02. The molecule has 22 heavy (non-hydrogen) atoms. The van der Waals surface area contributed by atoms with Gasteiger partial charge in [-0.1, -0.05) is 0 Å². The molecule has 0 saturated heterocycles. The summed E-state index contributed by atoms with van der Waals surface area (Å²) in [6.07, 6.45) is 1.70. The fourth-order valence-corrected chi connectivity index (χ4v) is 3.07. The molecule has 0 bridgehead atoms. The van der Waals surface area contributed by atoms with Gasteiger partial charge in [-0.3, -0.25) is 4.79 Å². The van der Waals surface area contributed by atoms with Gasteiger partial charge in [0, 0.05) is 17.3 Å². The number of hydrogen-bond donors (Lipinski definition) is 1. The summed E-state index contributed by atoms with van der Waals surface area (Å²) < 4.78 is 5.24. The maximum Gasteiger partial charge on any atom is 0.231 e. The van der Waals surface area contributed by atoms with Crippen molar-refractivity contribution in [3.8, 4) is 5.88 Å². The Kier molecular flexibility index (Phi) is 4.06. The van der Waals surface area contributed by atoms with Gasteiger partial charge >= 0.3 is 0 Å². The maximum absolute atomic E-state index is 12.3. The van der Waals surface area contributed by atoms with E-state index in [0.717, 1.165) is 22.0 Å². The summed E-state index contributed by atoms with van der Waals surface area (Å²) in [7, 11) is 1.60. The zero-order chi connectivity index (χ0) is 15.5. The number of nitrogens with one attached hydrogen (secondary N) is 1. The normalized spacial score (nSPS) is 12.1. The predicted octanol–water partition coefficient (Wildman–Crippen LogP) is 4.05. The van der Waals surface area contributed by atoms with Crippen molar-refractivity contribution in [3.05, 3.63) is 52.9 Å². The minimum Gasteiger partial charge on any atom is -0.481 e.